The van der Waals surface area contributed by atoms with E-state index in [-0.39, 0.29) is 10.8 Å². The molecule has 0 heterocycles. The van der Waals surface area contributed by atoms with E-state index < -0.39 is 0 Å². The minimum absolute atomic E-state index is 0.0709. The lowest BCUT2D eigenvalue weighted by atomic mass is 9.74. The van der Waals surface area contributed by atoms with Gasteiger partial charge in [0.1, 0.15) is 0 Å². The summed E-state index contributed by atoms with van der Waals surface area (Å²) in [6.45, 7) is 18.2. The van der Waals surface area contributed by atoms with Crippen molar-refractivity contribution < 1.29 is 0 Å². The van der Waals surface area contributed by atoms with Crippen LogP contribution in [-0.2, 0) is 17.3 Å². The maximum atomic E-state index is 2.42. The lowest BCUT2D eigenvalue weighted by molar-refractivity contribution is 0.421. The molecule has 8 aromatic carbocycles. The van der Waals surface area contributed by atoms with E-state index in [0.717, 1.165) is 0 Å². The van der Waals surface area contributed by atoms with Crippen LogP contribution in [-0.4, -0.2) is 0 Å². The second-order valence-corrected chi connectivity index (χ2v) is 19.7. The SMILES string of the molecule is CCCc1ccc2c(c1)C(C)(C)c1ccccc1-2.Cc1ccc(-c2cccc(-c3ccccc3C)c2C2CCC2)cc1.Cc1ccc2c(c1)C(C)(C)c1cc(-c3ccccc3)ccc1-2. The molecule has 64 heavy (non-hydrogen) atoms. The summed E-state index contributed by atoms with van der Waals surface area (Å²) >= 11 is 0. The molecule has 320 valence electrons. The zero-order chi connectivity index (χ0) is 44.6. The second-order valence-electron chi connectivity index (χ2n) is 19.7. The fraction of sp³-hybridized carbons (Fsp3) is 0.250. The number of hydrogen-bond acceptors (Lipinski definition) is 0. The average molecular weight is 833 g/mol. The Balaban J connectivity index is 0.000000123. The van der Waals surface area contributed by atoms with Crippen LogP contribution in [0.2, 0.25) is 0 Å². The van der Waals surface area contributed by atoms with Gasteiger partial charge in [0, 0.05) is 10.8 Å². The highest BCUT2D eigenvalue weighted by atomic mass is 14.4. The molecule has 0 unspecified atom stereocenters. The smallest absolute Gasteiger partial charge is 0.0159 e. The first-order valence-electron chi connectivity index (χ1n) is 23.8. The van der Waals surface area contributed by atoms with Crippen molar-refractivity contribution in [3.63, 3.8) is 0 Å². The highest BCUT2D eigenvalue weighted by Crippen LogP contribution is 2.51. The Bertz CT molecular complexity index is 2930. The molecule has 0 amide bonds. The van der Waals surface area contributed by atoms with E-state index in [1.807, 2.05) is 0 Å². The molecule has 0 atom stereocenters. The molecule has 0 aromatic heterocycles. The Hall–Kier alpha value is -6.24. The Labute approximate surface area is 384 Å². The van der Waals surface area contributed by atoms with Crippen molar-refractivity contribution in [3.05, 3.63) is 226 Å². The number of fused-ring (bicyclic) bond motifs is 6. The summed E-state index contributed by atoms with van der Waals surface area (Å²) in [5, 5.41) is 0. The predicted octanol–water partition coefficient (Wildman–Crippen LogP) is 17.8. The van der Waals surface area contributed by atoms with E-state index >= 15 is 0 Å². The van der Waals surface area contributed by atoms with Gasteiger partial charge < -0.3 is 0 Å². The number of rotatable bonds is 6. The van der Waals surface area contributed by atoms with Gasteiger partial charge in [0.05, 0.1) is 0 Å². The quantitative estimate of drug-likeness (QED) is 0.157. The van der Waals surface area contributed by atoms with E-state index in [4.69, 9.17) is 0 Å². The van der Waals surface area contributed by atoms with Gasteiger partial charge in [-0.25, -0.2) is 0 Å². The largest absolute Gasteiger partial charge is 0.0651 e. The summed E-state index contributed by atoms with van der Waals surface area (Å²) in [6.07, 6.45) is 6.40. The maximum Gasteiger partial charge on any atom is 0.0159 e. The third-order valence-corrected chi connectivity index (χ3v) is 14.5. The Kier molecular flexibility index (Phi) is 11.9. The highest BCUT2D eigenvalue weighted by Gasteiger charge is 2.36. The number of aryl methyl sites for hydroxylation is 4. The summed E-state index contributed by atoms with van der Waals surface area (Å²) < 4.78 is 0. The lowest BCUT2D eigenvalue weighted by Gasteiger charge is -2.31. The molecule has 0 nitrogen and oxygen atoms in total. The van der Waals surface area contributed by atoms with Crippen molar-refractivity contribution >= 4 is 0 Å². The molecular formula is C64H64. The first-order valence-corrected chi connectivity index (χ1v) is 23.8. The van der Waals surface area contributed by atoms with Gasteiger partial charge in [-0.3, -0.25) is 0 Å². The Morgan fingerprint density at radius 1 is 0.406 bits per heavy atom. The van der Waals surface area contributed by atoms with Gasteiger partial charge in [-0.1, -0.05) is 228 Å². The van der Waals surface area contributed by atoms with E-state index in [9.17, 15) is 0 Å². The fourth-order valence-electron chi connectivity index (χ4n) is 10.7. The van der Waals surface area contributed by atoms with Crippen LogP contribution in [0.1, 0.15) is 116 Å². The molecule has 3 aliphatic rings. The fourth-order valence-corrected chi connectivity index (χ4v) is 10.7. The van der Waals surface area contributed by atoms with E-state index in [2.05, 4.69) is 231 Å². The van der Waals surface area contributed by atoms with E-state index in [1.54, 1.807) is 5.56 Å². The minimum atomic E-state index is 0.0709. The van der Waals surface area contributed by atoms with Gasteiger partial charge in [0.25, 0.3) is 0 Å². The van der Waals surface area contributed by atoms with Crippen LogP contribution in [0.25, 0.3) is 55.6 Å². The summed E-state index contributed by atoms with van der Waals surface area (Å²) in [7, 11) is 0. The molecule has 0 spiro atoms. The molecular weight excluding hydrogens is 769 g/mol. The first-order chi connectivity index (χ1) is 30.9. The van der Waals surface area contributed by atoms with Crippen LogP contribution < -0.4 is 0 Å². The van der Waals surface area contributed by atoms with Crippen LogP contribution in [0.4, 0.5) is 0 Å². The van der Waals surface area contributed by atoms with Gasteiger partial charge in [-0.2, -0.15) is 0 Å². The van der Waals surface area contributed by atoms with Gasteiger partial charge >= 0.3 is 0 Å². The van der Waals surface area contributed by atoms with Crippen LogP contribution in [0.5, 0.6) is 0 Å². The summed E-state index contributed by atoms with van der Waals surface area (Å²) in [6, 6.07) is 64.8. The molecule has 11 rings (SSSR count). The van der Waals surface area contributed by atoms with Gasteiger partial charge in [0.15, 0.2) is 0 Å². The molecule has 0 bridgehead atoms. The normalized spacial score (nSPS) is 14.7. The lowest BCUT2D eigenvalue weighted by Crippen LogP contribution is -2.15. The zero-order valence-corrected chi connectivity index (χ0v) is 39.4. The monoisotopic (exact) mass is 833 g/mol. The second kappa shape index (κ2) is 17.7. The number of benzene rings is 8. The third kappa shape index (κ3) is 8.09. The van der Waals surface area contributed by atoms with Crippen LogP contribution in [0.15, 0.2) is 176 Å². The molecule has 1 fully saturated rings. The molecule has 0 radical (unpaired) electrons. The highest BCUT2D eigenvalue weighted by molar-refractivity contribution is 5.85. The van der Waals surface area contributed by atoms with Crippen molar-refractivity contribution in [2.24, 2.45) is 0 Å². The predicted molar refractivity (Wildman–Crippen MR) is 276 cm³/mol. The van der Waals surface area contributed by atoms with E-state index in [0.29, 0.717) is 5.92 Å². The average Bonchev–Trinajstić information content (AvgIpc) is 3.65. The van der Waals surface area contributed by atoms with Crippen LogP contribution in [0.3, 0.4) is 0 Å². The van der Waals surface area contributed by atoms with Gasteiger partial charge in [0.2, 0.25) is 0 Å². The molecule has 0 heteroatoms. The van der Waals surface area contributed by atoms with Crippen molar-refractivity contribution in [2.75, 3.05) is 0 Å². The van der Waals surface area contributed by atoms with Gasteiger partial charge in [-0.05, 0) is 147 Å². The molecule has 0 aliphatic heterocycles. The van der Waals surface area contributed by atoms with Gasteiger partial charge in [-0.15, -0.1) is 0 Å². The first kappa shape index (κ1) is 43.0. The maximum absolute atomic E-state index is 2.42. The number of hydrogen-bond donors (Lipinski definition) is 0. The molecule has 3 aliphatic carbocycles. The molecule has 0 saturated heterocycles. The van der Waals surface area contributed by atoms with Crippen molar-refractivity contribution in [1.29, 1.82) is 0 Å². The standard InChI is InChI=1S/C24H24.C22H20.C18H20/c1-17-13-15-19(16-14-17)22-11-6-12-23(24(22)20-8-5-9-20)21-10-4-3-7-18(21)2;1-15-9-11-18-19-12-10-17(16-7-5-4-6-8-16)14-21(19)22(2,3)20(18)13-15;1-4-7-13-10-11-15-14-8-5-6-9-16(14)18(2,3)17(15)12-13/h3-4,6-7,10-16,20H,5,8-9H2,1-2H3;4-14H,1-3H3;5-6,8-12H,4,7H2,1-3H3. The van der Waals surface area contributed by atoms with Crippen molar-refractivity contribution in [2.45, 2.75) is 104 Å². The summed E-state index contributed by atoms with van der Waals surface area (Å²) in [5.74, 6) is 0.706. The summed E-state index contributed by atoms with van der Waals surface area (Å²) in [4.78, 5) is 0. The summed E-state index contributed by atoms with van der Waals surface area (Å²) in [5.41, 5.74) is 26.9. The third-order valence-electron chi connectivity index (χ3n) is 14.5. The molecule has 0 N–H and O–H groups in total. The molecule has 1 saturated carbocycles. The topological polar surface area (TPSA) is 0 Å². The Morgan fingerprint density at radius 2 is 0.938 bits per heavy atom. The van der Waals surface area contributed by atoms with Crippen LogP contribution >= 0.6 is 0 Å². The zero-order valence-electron chi connectivity index (χ0n) is 39.4. The van der Waals surface area contributed by atoms with Crippen LogP contribution in [0, 0.1) is 20.8 Å². The Morgan fingerprint density at radius 3 is 1.62 bits per heavy atom. The minimum Gasteiger partial charge on any atom is -0.0651 e. The van der Waals surface area contributed by atoms with Crippen molar-refractivity contribution in [1.82, 2.24) is 0 Å². The van der Waals surface area contributed by atoms with E-state index in [1.165, 1.54) is 132 Å². The molecule has 8 aromatic rings. The van der Waals surface area contributed by atoms with Crippen molar-refractivity contribution in [3.8, 4) is 55.6 Å².